The standard InChI is InChI=1S/C15H14O5/c1-18-10-19-14-8-7-12(9-13(14)15(16)17)20-11-5-3-2-4-6-11/h2-9H,10H2,1H3,(H,16,17). The van der Waals surface area contributed by atoms with Gasteiger partial charge in [-0.15, -0.1) is 0 Å². The van der Waals surface area contributed by atoms with Crippen LogP contribution in [0.5, 0.6) is 17.2 Å². The topological polar surface area (TPSA) is 65.0 Å². The van der Waals surface area contributed by atoms with E-state index in [9.17, 15) is 9.90 Å². The Morgan fingerprint density at radius 2 is 1.85 bits per heavy atom. The minimum Gasteiger partial charge on any atom is -0.478 e. The zero-order valence-corrected chi connectivity index (χ0v) is 10.9. The maximum Gasteiger partial charge on any atom is 0.339 e. The highest BCUT2D eigenvalue weighted by Gasteiger charge is 2.13. The highest BCUT2D eigenvalue weighted by atomic mass is 16.7. The molecule has 20 heavy (non-hydrogen) atoms. The summed E-state index contributed by atoms with van der Waals surface area (Å²) in [5.74, 6) is 0.210. The molecule has 0 aromatic heterocycles. The molecule has 2 aromatic rings. The molecule has 0 fully saturated rings. The van der Waals surface area contributed by atoms with Gasteiger partial charge in [-0.05, 0) is 30.3 Å². The fourth-order valence-electron chi connectivity index (χ4n) is 1.61. The molecule has 0 saturated carbocycles. The smallest absolute Gasteiger partial charge is 0.339 e. The lowest BCUT2D eigenvalue weighted by atomic mass is 10.2. The van der Waals surface area contributed by atoms with Crippen LogP contribution in [0.2, 0.25) is 0 Å². The third kappa shape index (κ3) is 3.49. The van der Waals surface area contributed by atoms with Crippen molar-refractivity contribution in [2.75, 3.05) is 13.9 Å². The Hall–Kier alpha value is -2.53. The Bertz CT molecular complexity index is 580. The molecular formula is C15H14O5. The number of carbonyl (C=O) groups is 1. The molecule has 0 radical (unpaired) electrons. The van der Waals surface area contributed by atoms with Crippen LogP contribution in [0.4, 0.5) is 0 Å². The molecule has 2 aromatic carbocycles. The Morgan fingerprint density at radius 3 is 2.50 bits per heavy atom. The van der Waals surface area contributed by atoms with E-state index in [0.29, 0.717) is 11.5 Å². The molecule has 0 aliphatic heterocycles. The van der Waals surface area contributed by atoms with E-state index in [2.05, 4.69) is 0 Å². The number of ether oxygens (including phenoxy) is 3. The third-order valence-corrected chi connectivity index (χ3v) is 2.49. The summed E-state index contributed by atoms with van der Waals surface area (Å²) >= 11 is 0. The first-order chi connectivity index (χ1) is 9.70. The van der Waals surface area contributed by atoms with Crippen molar-refractivity contribution in [3.63, 3.8) is 0 Å². The fraction of sp³-hybridized carbons (Fsp3) is 0.133. The van der Waals surface area contributed by atoms with Crippen molar-refractivity contribution in [2.45, 2.75) is 0 Å². The van der Waals surface area contributed by atoms with Gasteiger partial charge in [0.25, 0.3) is 0 Å². The van der Waals surface area contributed by atoms with Crippen molar-refractivity contribution in [2.24, 2.45) is 0 Å². The Labute approximate surface area is 116 Å². The molecule has 104 valence electrons. The van der Waals surface area contributed by atoms with Crippen molar-refractivity contribution >= 4 is 5.97 Å². The molecule has 5 nitrogen and oxygen atoms in total. The van der Waals surface area contributed by atoms with Crippen LogP contribution in [0.25, 0.3) is 0 Å². The van der Waals surface area contributed by atoms with Gasteiger partial charge >= 0.3 is 5.97 Å². The first-order valence-corrected chi connectivity index (χ1v) is 5.92. The first kappa shape index (κ1) is 13.9. The number of methoxy groups -OCH3 is 1. The van der Waals surface area contributed by atoms with Gasteiger partial charge in [-0.2, -0.15) is 0 Å². The largest absolute Gasteiger partial charge is 0.478 e. The van der Waals surface area contributed by atoms with Crippen molar-refractivity contribution in [1.29, 1.82) is 0 Å². The van der Waals surface area contributed by atoms with Crippen LogP contribution in [0.1, 0.15) is 10.4 Å². The van der Waals surface area contributed by atoms with E-state index in [0.717, 1.165) is 0 Å². The summed E-state index contributed by atoms with van der Waals surface area (Å²) in [6.07, 6.45) is 0. The van der Waals surface area contributed by atoms with Crippen LogP contribution >= 0.6 is 0 Å². The number of benzene rings is 2. The monoisotopic (exact) mass is 274 g/mol. The summed E-state index contributed by atoms with van der Waals surface area (Å²) in [7, 11) is 1.47. The molecular weight excluding hydrogens is 260 g/mol. The van der Waals surface area contributed by atoms with Gasteiger partial charge in [0.05, 0.1) is 0 Å². The molecule has 5 heteroatoms. The Kier molecular flexibility index (Phi) is 4.57. The SMILES string of the molecule is COCOc1ccc(Oc2ccccc2)cc1C(=O)O. The number of rotatable bonds is 6. The first-order valence-electron chi connectivity index (χ1n) is 5.92. The molecule has 0 unspecified atom stereocenters. The summed E-state index contributed by atoms with van der Waals surface area (Å²) in [4.78, 5) is 11.2. The van der Waals surface area contributed by atoms with Gasteiger partial charge in [0.15, 0.2) is 6.79 Å². The van der Waals surface area contributed by atoms with Crippen LogP contribution in [-0.2, 0) is 4.74 Å². The average molecular weight is 274 g/mol. The second-order valence-corrected chi connectivity index (χ2v) is 3.93. The third-order valence-electron chi connectivity index (χ3n) is 2.49. The Morgan fingerprint density at radius 1 is 1.10 bits per heavy atom. The summed E-state index contributed by atoms with van der Waals surface area (Å²) in [5, 5.41) is 9.18. The summed E-state index contributed by atoms with van der Waals surface area (Å²) in [5.41, 5.74) is 0.0236. The highest BCUT2D eigenvalue weighted by Crippen LogP contribution is 2.27. The summed E-state index contributed by atoms with van der Waals surface area (Å²) in [6, 6.07) is 13.7. The van der Waals surface area contributed by atoms with Gasteiger partial charge < -0.3 is 19.3 Å². The number of carboxylic acids is 1. The maximum absolute atomic E-state index is 11.2. The van der Waals surface area contributed by atoms with E-state index in [1.807, 2.05) is 18.2 Å². The van der Waals surface area contributed by atoms with Crippen molar-refractivity contribution in [3.8, 4) is 17.2 Å². The van der Waals surface area contributed by atoms with E-state index in [4.69, 9.17) is 14.2 Å². The fourth-order valence-corrected chi connectivity index (χ4v) is 1.61. The molecule has 0 spiro atoms. The summed E-state index contributed by atoms with van der Waals surface area (Å²) < 4.78 is 15.5. The molecule has 0 heterocycles. The maximum atomic E-state index is 11.2. The number of hydrogen-bond donors (Lipinski definition) is 1. The van der Waals surface area contributed by atoms with E-state index in [1.165, 1.54) is 13.2 Å². The minimum absolute atomic E-state index is 0.0147. The second kappa shape index (κ2) is 6.58. The van der Waals surface area contributed by atoms with Gasteiger partial charge in [0.1, 0.15) is 22.8 Å². The molecule has 0 atom stereocenters. The van der Waals surface area contributed by atoms with Gasteiger partial charge in [-0.25, -0.2) is 4.79 Å². The normalized spacial score (nSPS) is 10.1. The van der Waals surface area contributed by atoms with Gasteiger partial charge in [-0.1, -0.05) is 18.2 Å². The zero-order chi connectivity index (χ0) is 14.4. The number of aromatic carboxylic acids is 1. The lowest BCUT2D eigenvalue weighted by Gasteiger charge is -2.10. The van der Waals surface area contributed by atoms with E-state index in [1.54, 1.807) is 24.3 Å². The zero-order valence-electron chi connectivity index (χ0n) is 10.9. The van der Waals surface area contributed by atoms with Gasteiger partial charge in [-0.3, -0.25) is 0 Å². The number of para-hydroxylation sites is 1. The molecule has 0 saturated heterocycles. The molecule has 0 amide bonds. The number of carboxylic acid groups (broad SMARTS) is 1. The van der Waals surface area contributed by atoms with Crippen molar-refractivity contribution in [3.05, 3.63) is 54.1 Å². The van der Waals surface area contributed by atoms with Crippen LogP contribution in [-0.4, -0.2) is 25.0 Å². The quantitative estimate of drug-likeness (QED) is 0.820. The van der Waals surface area contributed by atoms with Crippen LogP contribution in [0.15, 0.2) is 48.5 Å². The van der Waals surface area contributed by atoms with Crippen LogP contribution in [0.3, 0.4) is 0 Å². The summed E-state index contributed by atoms with van der Waals surface area (Å²) in [6.45, 7) is -0.0147. The van der Waals surface area contributed by atoms with E-state index in [-0.39, 0.29) is 18.1 Å². The van der Waals surface area contributed by atoms with Crippen molar-refractivity contribution in [1.82, 2.24) is 0 Å². The predicted molar refractivity (Wildman–Crippen MR) is 72.4 cm³/mol. The predicted octanol–water partition coefficient (Wildman–Crippen LogP) is 3.16. The van der Waals surface area contributed by atoms with Gasteiger partial charge in [0.2, 0.25) is 0 Å². The molecule has 1 N–H and O–H groups in total. The molecule has 0 bridgehead atoms. The van der Waals surface area contributed by atoms with Crippen LogP contribution < -0.4 is 9.47 Å². The Balaban J connectivity index is 2.23. The highest BCUT2D eigenvalue weighted by molar-refractivity contribution is 5.91. The molecule has 0 aliphatic rings. The second-order valence-electron chi connectivity index (χ2n) is 3.93. The lowest BCUT2D eigenvalue weighted by Crippen LogP contribution is -2.05. The average Bonchev–Trinajstić information content (AvgIpc) is 2.47. The van der Waals surface area contributed by atoms with Crippen molar-refractivity contribution < 1.29 is 24.1 Å². The number of hydrogen-bond acceptors (Lipinski definition) is 4. The lowest BCUT2D eigenvalue weighted by molar-refractivity contribution is 0.0483. The minimum atomic E-state index is -1.09. The molecule has 0 aliphatic carbocycles. The van der Waals surface area contributed by atoms with E-state index >= 15 is 0 Å². The van der Waals surface area contributed by atoms with Gasteiger partial charge in [0, 0.05) is 7.11 Å². The molecule has 2 rings (SSSR count). The van der Waals surface area contributed by atoms with E-state index < -0.39 is 5.97 Å². The van der Waals surface area contributed by atoms with Crippen LogP contribution in [0, 0.1) is 0 Å².